The third-order valence-electron chi connectivity index (χ3n) is 9.19. The van der Waals surface area contributed by atoms with Crippen LogP contribution in [0.1, 0.15) is 121 Å². The Morgan fingerprint density at radius 1 is 0.894 bits per heavy atom. The summed E-state index contributed by atoms with van der Waals surface area (Å²) in [4.78, 5) is 58.2. The summed E-state index contributed by atoms with van der Waals surface area (Å²) in [5.41, 5.74) is -0.402. The number of carbonyl (C=O) groups excluding carboxylic acids is 3. The van der Waals surface area contributed by atoms with Crippen LogP contribution in [-0.2, 0) is 14.3 Å². The highest BCUT2D eigenvalue weighted by Crippen LogP contribution is 2.38. The van der Waals surface area contributed by atoms with Crippen molar-refractivity contribution in [3.63, 3.8) is 0 Å². The maximum atomic E-state index is 14.3. The molecule has 2 saturated heterocycles. The lowest BCUT2D eigenvalue weighted by Crippen LogP contribution is -2.51. The zero-order valence-corrected chi connectivity index (χ0v) is 30.0. The van der Waals surface area contributed by atoms with Crippen molar-refractivity contribution in [1.82, 2.24) is 9.80 Å². The van der Waals surface area contributed by atoms with E-state index in [1.165, 1.54) is 0 Å². The smallest absolute Gasteiger partial charge is 0.410 e. The first-order valence-electron chi connectivity index (χ1n) is 17.2. The van der Waals surface area contributed by atoms with Crippen molar-refractivity contribution in [3.05, 3.63) is 15.8 Å². The molecule has 0 atom stereocenters. The summed E-state index contributed by atoms with van der Waals surface area (Å²) in [6.45, 7) is 15.4. The van der Waals surface area contributed by atoms with Crippen LogP contribution in [0.4, 0.5) is 15.3 Å². The van der Waals surface area contributed by atoms with Gasteiger partial charge >= 0.3 is 18.2 Å². The van der Waals surface area contributed by atoms with Gasteiger partial charge in [-0.05, 0) is 92.1 Å². The van der Waals surface area contributed by atoms with E-state index in [0.29, 0.717) is 68.3 Å². The minimum absolute atomic E-state index is 0.0204. The second kappa shape index (κ2) is 15.3. The lowest BCUT2D eigenvalue weighted by atomic mass is 9.80. The van der Waals surface area contributed by atoms with Crippen molar-refractivity contribution in [2.75, 3.05) is 31.1 Å². The first kappa shape index (κ1) is 36.6. The number of anilines is 1. The first-order valence-corrected chi connectivity index (χ1v) is 18.0. The van der Waals surface area contributed by atoms with Crippen LogP contribution in [-0.4, -0.2) is 82.9 Å². The van der Waals surface area contributed by atoms with E-state index >= 15 is 0 Å². The molecule has 1 aromatic rings. The van der Waals surface area contributed by atoms with Crippen LogP contribution in [0, 0.1) is 29.1 Å². The monoisotopic (exact) mass is 671 g/mol. The molecule has 1 aromatic heterocycles. The lowest BCUT2D eigenvalue weighted by molar-refractivity contribution is -0.124. The molecule has 0 bridgehead atoms. The van der Waals surface area contributed by atoms with Gasteiger partial charge in [-0.3, -0.25) is 4.79 Å². The molecule has 10 nitrogen and oxygen atoms in total. The largest absolute Gasteiger partial charge is 0.477 e. The highest BCUT2D eigenvalue weighted by Gasteiger charge is 2.39. The van der Waals surface area contributed by atoms with Crippen LogP contribution in [0.5, 0.6) is 0 Å². The number of piperidine rings is 2. The summed E-state index contributed by atoms with van der Waals surface area (Å²) in [7, 11) is 0. The van der Waals surface area contributed by atoms with E-state index in [-0.39, 0.29) is 40.4 Å². The quantitative estimate of drug-likeness (QED) is 0.314. The average molecular weight is 672 g/mol. The van der Waals surface area contributed by atoms with E-state index in [2.05, 4.69) is 18.8 Å². The summed E-state index contributed by atoms with van der Waals surface area (Å²) < 4.78 is 11.3. The standard InChI is InChI=1S/C36H53N3O7S/c1-8-24-9-11-25(12-10-24)31(40)39(29-23-28(13-18-35(2,3)4)47-30(29)32(41)42)26-14-19-37(20-15-26)33(43)45-27-16-21-38(22-17-27)34(44)46-36(5,6)7/h23-27H,8-12,14-17,19-22H2,1-7H3,(H,41,42). The van der Waals surface area contributed by atoms with Gasteiger partial charge in [-0.25, -0.2) is 14.4 Å². The van der Waals surface area contributed by atoms with Gasteiger partial charge in [0, 0.05) is 56.4 Å². The van der Waals surface area contributed by atoms with Gasteiger partial charge in [0.1, 0.15) is 16.6 Å². The van der Waals surface area contributed by atoms with Gasteiger partial charge in [-0.1, -0.05) is 25.2 Å². The second-order valence-corrected chi connectivity index (χ2v) is 16.3. The Bertz CT molecular complexity index is 1340. The van der Waals surface area contributed by atoms with E-state index < -0.39 is 17.7 Å². The van der Waals surface area contributed by atoms with Crippen LogP contribution in [0.2, 0.25) is 0 Å². The fourth-order valence-electron chi connectivity index (χ4n) is 6.54. The van der Waals surface area contributed by atoms with Crippen molar-refractivity contribution >= 4 is 41.1 Å². The van der Waals surface area contributed by atoms with E-state index in [1.54, 1.807) is 20.8 Å². The maximum Gasteiger partial charge on any atom is 0.410 e. The molecule has 3 amide bonds. The number of thiophene rings is 1. The average Bonchev–Trinajstić information content (AvgIpc) is 3.44. The predicted molar refractivity (Wildman–Crippen MR) is 183 cm³/mol. The molecule has 3 aliphatic rings. The molecule has 3 fully saturated rings. The number of carboxylic acid groups (broad SMARTS) is 1. The molecule has 1 saturated carbocycles. The van der Waals surface area contributed by atoms with Gasteiger partial charge in [0.05, 0.1) is 10.6 Å². The SMILES string of the molecule is CCC1CCC(C(=O)N(c2cc(C#CC(C)(C)C)sc2C(=O)O)C2CCN(C(=O)OC3CCN(C(=O)OC(C)(C)C)CC3)CC2)CC1. The predicted octanol–water partition coefficient (Wildman–Crippen LogP) is 7.39. The molecule has 0 unspecified atom stereocenters. The van der Waals surface area contributed by atoms with Crippen molar-refractivity contribution in [2.24, 2.45) is 17.3 Å². The Morgan fingerprint density at radius 2 is 1.47 bits per heavy atom. The fraction of sp³-hybridized carbons (Fsp3) is 0.722. The Kier molecular flexibility index (Phi) is 11.9. The number of carboxylic acids is 1. The molecular weight excluding hydrogens is 618 g/mol. The molecule has 0 spiro atoms. The first-order chi connectivity index (χ1) is 22.0. The van der Waals surface area contributed by atoms with E-state index in [1.807, 2.05) is 41.5 Å². The number of likely N-dealkylation sites (tertiary alicyclic amines) is 2. The van der Waals surface area contributed by atoms with Crippen molar-refractivity contribution < 1.29 is 33.8 Å². The highest BCUT2D eigenvalue weighted by molar-refractivity contribution is 7.15. The zero-order valence-electron chi connectivity index (χ0n) is 29.2. The molecule has 0 aromatic carbocycles. The number of hydrogen-bond acceptors (Lipinski definition) is 7. The fourth-order valence-corrected chi connectivity index (χ4v) is 7.38. The maximum absolute atomic E-state index is 14.3. The summed E-state index contributed by atoms with van der Waals surface area (Å²) >= 11 is 1.11. The molecular formula is C36H53N3O7S. The molecule has 1 aliphatic carbocycles. The number of amides is 3. The van der Waals surface area contributed by atoms with E-state index in [4.69, 9.17) is 9.47 Å². The summed E-state index contributed by atoms with van der Waals surface area (Å²) in [6.07, 6.45) is 5.78. The van der Waals surface area contributed by atoms with Crippen molar-refractivity contribution in [2.45, 2.75) is 124 Å². The van der Waals surface area contributed by atoms with Crippen LogP contribution >= 0.6 is 11.3 Å². The van der Waals surface area contributed by atoms with Gasteiger partial charge in [-0.15, -0.1) is 11.3 Å². The van der Waals surface area contributed by atoms with Gasteiger partial charge < -0.3 is 29.3 Å². The minimum Gasteiger partial charge on any atom is -0.477 e. The number of carbonyl (C=O) groups is 4. The number of rotatable bonds is 6. The number of hydrogen-bond donors (Lipinski definition) is 1. The van der Waals surface area contributed by atoms with Gasteiger partial charge in [0.25, 0.3) is 0 Å². The number of aromatic carboxylic acids is 1. The summed E-state index contributed by atoms with van der Waals surface area (Å²) in [5, 5.41) is 10.2. The minimum atomic E-state index is -1.07. The summed E-state index contributed by atoms with van der Waals surface area (Å²) in [6, 6.07) is 1.52. The van der Waals surface area contributed by atoms with Gasteiger partial charge in [-0.2, -0.15) is 0 Å². The zero-order chi connectivity index (χ0) is 34.5. The Morgan fingerprint density at radius 3 is 2.00 bits per heavy atom. The molecule has 3 heterocycles. The number of ether oxygens (including phenoxy) is 2. The Hall–Kier alpha value is -3.26. The Labute approximate surface area is 284 Å². The van der Waals surface area contributed by atoms with Gasteiger partial charge in [0.15, 0.2) is 0 Å². The molecule has 0 radical (unpaired) electrons. The Balaban J connectivity index is 1.45. The van der Waals surface area contributed by atoms with Crippen LogP contribution in [0.25, 0.3) is 0 Å². The lowest BCUT2D eigenvalue weighted by Gasteiger charge is -2.41. The normalized spacial score (nSPS) is 21.4. The van der Waals surface area contributed by atoms with Crippen LogP contribution in [0.3, 0.4) is 0 Å². The van der Waals surface area contributed by atoms with E-state index in [0.717, 1.165) is 43.4 Å². The van der Waals surface area contributed by atoms with E-state index in [9.17, 15) is 24.3 Å². The van der Waals surface area contributed by atoms with Crippen molar-refractivity contribution in [3.8, 4) is 11.8 Å². The van der Waals surface area contributed by atoms with Crippen LogP contribution < -0.4 is 4.90 Å². The molecule has 11 heteroatoms. The number of nitrogens with zero attached hydrogens (tertiary/aromatic N) is 3. The second-order valence-electron chi connectivity index (χ2n) is 15.2. The molecule has 1 N–H and O–H groups in total. The highest BCUT2D eigenvalue weighted by atomic mass is 32.1. The molecule has 4 rings (SSSR count). The van der Waals surface area contributed by atoms with Gasteiger partial charge in [0.2, 0.25) is 5.91 Å². The third-order valence-corrected chi connectivity index (χ3v) is 10.2. The summed E-state index contributed by atoms with van der Waals surface area (Å²) in [5.74, 6) is 5.71. The molecule has 2 aliphatic heterocycles. The topological polar surface area (TPSA) is 117 Å². The van der Waals surface area contributed by atoms with Crippen molar-refractivity contribution in [1.29, 1.82) is 0 Å². The third kappa shape index (κ3) is 10.1. The molecule has 47 heavy (non-hydrogen) atoms. The van der Waals surface area contributed by atoms with Crippen LogP contribution in [0.15, 0.2) is 6.07 Å². The molecule has 260 valence electrons.